The maximum absolute atomic E-state index is 8.54. The van der Waals surface area contributed by atoms with Gasteiger partial charge in [-0.15, -0.1) is 5.70 Å². The maximum atomic E-state index is 8.54. The average Bonchev–Trinajstić information content (AvgIpc) is 3.06. The molecule has 2 aliphatic heterocycles. The van der Waals surface area contributed by atoms with Crippen LogP contribution in [-0.4, -0.2) is 24.4 Å². The monoisotopic (exact) mass is 506 g/mol. The summed E-state index contributed by atoms with van der Waals surface area (Å²) < 4.78 is 0. The van der Waals surface area contributed by atoms with Gasteiger partial charge < -0.3 is 21.1 Å². The zero-order valence-electron chi connectivity index (χ0n) is 14.2. The van der Waals surface area contributed by atoms with Gasteiger partial charge in [-0.25, -0.2) is 0 Å². The predicted molar refractivity (Wildman–Crippen MR) is 97.3 cm³/mol. The minimum absolute atomic E-state index is 0. The average molecular weight is 506 g/mol. The van der Waals surface area contributed by atoms with Crippen molar-refractivity contribution in [2.45, 2.75) is 25.6 Å². The summed E-state index contributed by atoms with van der Waals surface area (Å²) in [5.41, 5.74) is 4.89. The van der Waals surface area contributed by atoms with E-state index in [-0.39, 0.29) is 33.8 Å². The summed E-state index contributed by atoms with van der Waals surface area (Å²) >= 11 is 0. The van der Waals surface area contributed by atoms with E-state index in [0.29, 0.717) is 0 Å². The molecule has 3 N–H and O–H groups in total. The van der Waals surface area contributed by atoms with Crippen LogP contribution in [-0.2, 0) is 34.1 Å². The number of nitrogens with one attached hydrogen (secondary N) is 2. The molecule has 4 nitrogen and oxygen atoms in total. The van der Waals surface area contributed by atoms with Crippen LogP contribution in [0.2, 0.25) is 0 Å². The Balaban J connectivity index is 0.000000214. The molecule has 0 aromatic heterocycles. The molecule has 25 heavy (non-hydrogen) atoms. The van der Waals surface area contributed by atoms with Gasteiger partial charge in [0.25, 0.3) is 0 Å². The summed E-state index contributed by atoms with van der Waals surface area (Å²) in [5, 5.41) is 20.1. The van der Waals surface area contributed by atoms with Gasteiger partial charge in [-0.3, -0.25) is 0 Å². The van der Waals surface area contributed by atoms with Gasteiger partial charge in [-0.1, -0.05) is 60.7 Å². The molecular weight excluding hydrogens is 482 g/mol. The Kier molecular flexibility index (Phi) is 8.20. The molecule has 2 aliphatic rings. The van der Waals surface area contributed by atoms with Crippen molar-refractivity contribution < 1.29 is 26.2 Å². The van der Waals surface area contributed by atoms with Crippen molar-refractivity contribution in [1.29, 1.82) is 0 Å². The summed E-state index contributed by atoms with van der Waals surface area (Å²) in [7, 11) is 0. The minimum Gasteiger partial charge on any atom is -0.667 e. The van der Waals surface area contributed by atoms with Crippen LogP contribution >= 0.6 is 0 Å². The summed E-state index contributed by atoms with van der Waals surface area (Å²) in [4.78, 5) is 0. The van der Waals surface area contributed by atoms with E-state index >= 15 is 0 Å². The molecule has 2 aromatic rings. The first-order valence-corrected chi connectivity index (χ1v) is 8.44. The number of rotatable bonds is 3. The second-order valence-corrected chi connectivity index (χ2v) is 5.97. The van der Waals surface area contributed by atoms with E-state index in [1.807, 2.05) is 30.3 Å². The molecule has 0 spiro atoms. The molecule has 4 rings (SSSR count). The van der Waals surface area contributed by atoms with Crippen molar-refractivity contribution in [2.75, 3.05) is 13.1 Å². The molecule has 0 radical (unpaired) electrons. The van der Waals surface area contributed by atoms with Crippen molar-refractivity contribution in [1.82, 2.24) is 10.6 Å². The van der Waals surface area contributed by atoms with Crippen molar-refractivity contribution >= 4 is 0 Å². The number of hydrogen-bond donors (Lipinski definition) is 3. The van der Waals surface area contributed by atoms with Gasteiger partial charge in [0.15, 0.2) is 0 Å². The Morgan fingerprint density at radius 1 is 0.960 bits per heavy atom. The molecule has 0 bridgehead atoms. The van der Waals surface area contributed by atoms with Crippen LogP contribution < -0.4 is 10.6 Å². The predicted octanol–water partition coefficient (Wildman–Crippen LogP) is 2.91. The topological polar surface area (TPSA) is 58.4 Å². The molecule has 2 aromatic carbocycles. The van der Waals surface area contributed by atoms with Crippen LogP contribution in [0.1, 0.15) is 17.5 Å². The molecule has 132 valence electrons. The SMILES string of the molecule is OCc1ccccc1.[W].c1ccc(CC2[N-]C3=C(CNCC3)N2)cc1. The maximum Gasteiger partial charge on any atom is 0.0681 e. The third-order valence-electron chi connectivity index (χ3n) is 4.14. The largest absolute Gasteiger partial charge is 0.667 e. The number of nitrogens with zero attached hydrogens (tertiary/aromatic N) is 1. The van der Waals surface area contributed by atoms with Crippen molar-refractivity contribution in [3.63, 3.8) is 0 Å². The van der Waals surface area contributed by atoms with E-state index < -0.39 is 0 Å². The van der Waals surface area contributed by atoms with Crippen molar-refractivity contribution in [2.24, 2.45) is 0 Å². The molecule has 0 saturated carbocycles. The van der Waals surface area contributed by atoms with E-state index in [4.69, 9.17) is 10.4 Å². The first-order valence-electron chi connectivity index (χ1n) is 8.44. The molecular formula is C20H24N3OW-. The summed E-state index contributed by atoms with van der Waals surface area (Å²) in [6.45, 7) is 2.15. The number of benzene rings is 2. The molecule has 1 unspecified atom stereocenters. The number of aliphatic hydroxyl groups excluding tert-OH is 1. The number of hydrogen-bond acceptors (Lipinski definition) is 3. The van der Waals surface area contributed by atoms with E-state index in [1.165, 1.54) is 17.0 Å². The van der Waals surface area contributed by atoms with Gasteiger partial charge in [0, 0.05) is 33.3 Å². The fourth-order valence-corrected chi connectivity index (χ4v) is 2.89. The van der Waals surface area contributed by atoms with Crippen LogP contribution in [0.3, 0.4) is 0 Å². The van der Waals surface area contributed by atoms with E-state index in [9.17, 15) is 0 Å². The molecule has 0 saturated heterocycles. The van der Waals surface area contributed by atoms with E-state index in [1.54, 1.807) is 0 Å². The normalized spacial score (nSPS) is 18.0. The van der Waals surface area contributed by atoms with E-state index in [2.05, 4.69) is 41.0 Å². The standard InChI is InChI=1S/C13H16N3.C7H8O.W/c1-2-4-10(5-3-1)8-13-15-11-6-7-14-9-12(11)16-13;8-6-7-4-2-1-3-5-7;/h1-5,13-14,16H,6-9H2;1-5,8H,6H2;/q-1;;. The fraction of sp³-hybridized carbons (Fsp3) is 0.300. The van der Waals surface area contributed by atoms with Gasteiger partial charge in [-0.05, 0) is 36.7 Å². The van der Waals surface area contributed by atoms with Gasteiger partial charge in [0.05, 0.1) is 6.61 Å². The summed E-state index contributed by atoms with van der Waals surface area (Å²) in [6, 6.07) is 20.1. The first-order chi connectivity index (χ1) is 11.8. The Labute approximate surface area is 164 Å². The van der Waals surface area contributed by atoms with Gasteiger partial charge in [-0.2, -0.15) is 0 Å². The summed E-state index contributed by atoms with van der Waals surface area (Å²) in [5.74, 6) is 0. The van der Waals surface area contributed by atoms with Crippen LogP contribution in [0.4, 0.5) is 0 Å². The zero-order valence-corrected chi connectivity index (χ0v) is 17.1. The Bertz CT molecular complexity index is 643. The van der Waals surface area contributed by atoms with Gasteiger partial charge >= 0.3 is 0 Å². The van der Waals surface area contributed by atoms with Crippen LogP contribution in [0, 0.1) is 0 Å². The molecule has 5 heteroatoms. The Hall–Kier alpha value is -1.61. The zero-order chi connectivity index (χ0) is 16.6. The van der Waals surface area contributed by atoms with Crippen LogP contribution in [0.5, 0.6) is 0 Å². The minimum atomic E-state index is 0. The third-order valence-corrected chi connectivity index (χ3v) is 4.14. The molecule has 0 amide bonds. The Morgan fingerprint density at radius 3 is 2.16 bits per heavy atom. The van der Waals surface area contributed by atoms with E-state index in [0.717, 1.165) is 31.5 Å². The molecule has 0 fully saturated rings. The second-order valence-electron chi connectivity index (χ2n) is 5.97. The first kappa shape index (κ1) is 19.7. The van der Waals surface area contributed by atoms with Gasteiger partial charge in [0.2, 0.25) is 0 Å². The second kappa shape index (κ2) is 10.4. The van der Waals surface area contributed by atoms with Crippen LogP contribution in [0.25, 0.3) is 5.32 Å². The van der Waals surface area contributed by atoms with Crippen molar-refractivity contribution in [3.8, 4) is 0 Å². The molecule has 2 heterocycles. The molecule has 1 atom stereocenters. The smallest absolute Gasteiger partial charge is 0.0681 e. The fourth-order valence-electron chi connectivity index (χ4n) is 2.89. The molecule has 0 aliphatic carbocycles. The van der Waals surface area contributed by atoms with Crippen molar-refractivity contribution in [3.05, 3.63) is 88.5 Å². The van der Waals surface area contributed by atoms with Gasteiger partial charge in [0.1, 0.15) is 0 Å². The Morgan fingerprint density at radius 2 is 1.60 bits per heavy atom. The quantitative estimate of drug-likeness (QED) is 0.601. The third kappa shape index (κ3) is 6.00. The summed E-state index contributed by atoms with van der Waals surface area (Å²) in [6.07, 6.45) is 2.29. The number of aliphatic hydroxyl groups is 1. The van der Waals surface area contributed by atoms with Crippen LogP contribution in [0.15, 0.2) is 72.1 Å².